The molecular weight excluding hydrogens is 252 g/mol. The molecule has 0 unspecified atom stereocenters. The molecular formula is C13H21ClN2S. The van der Waals surface area contributed by atoms with Gasteiger partial charge in [0.05, 0.1) is 5.02 Å². The number of nitrogens with zero attached hydrogens (tertiary/aromatic N) is 1. The van der Waals surface area contributed by atoms with Crippen LogP contribution >= 0.6 is 22.9 Å². The molecule has 17 heavy (non-hydrogen) atoms. The Balaban J connectivity index is 1.68. The molecule has 2 nitrogen and oxygen atoms in total. The summed E-state index contributed by atoms with van der Waals surface area (Å²) in [6.07, 6.45) is 3.82. The van der Waals surface area contributed by atoms with Gasteiger partial charge in [-0.2, -0.15) is 0 Å². The predicted octanol–water partition coefficient (Wildman–Crippen LogP) is 3.37. The topological polar surface area (TPSA) is 15.3 Å². The van der Waals surface area contributed by atoms with Gasteiger partial charge >= 0.3 is 0 Å². The summed E-state index contributed by atoms with van der Waals surface area (Å²) in [7, 11) is 0. The second kappa shape index (κ2) is 6.74. The van der Waals surface area contributed by atoms with Gasteiger partial charge in [-0.1, -0.05) is 18.5 Å². The summed E-state index contributed by atoms with van der Waals surface area (Å²) in [4.78, 5) is 3.91. The van der Waals surface area contributed by atoms with E-state index >= 15 is 0 Å². The minimum Gasteiger partial charge on any atom is -0.309 e. The SMILES string of the molecule is CCCN1CCC(NCc2cc(Cl)cs2)CC1. The Morgan fingerprint density at radius 3 is 2.82 bits per heavy atom. The number of thiophene rings is 1. The van der Waals surface area contributed by atoms with Gasteiger partial charge in [-0.15, -0.1) is 11.3 Å². The molecule has 0 spiro atoms. The fourth-order valence-electron chi connectivity index (χ4n) is 2.37. The molecule has 0 atom stereocenters. The smallest absolute Gasteiger partial charge is 0.0516 e. The van der Waals surface area contributed by atoms with E-state index in [9.17, 15) is 0 Å². The van der Waals surface area contributed by atoms with E-state index in [-0.39, 0.29) is 0 Å². The summed E-state index contributed by atoms with van der Waals surface area (Å²) < 4.78 is 0. The van der Waals surface area contributed by atoms with Gasteiger partial charge in [-0.3, -0.25) is 0 Å². The lowest BCUT2D eigenvalue weighted by Gasteiger charge is -2.32. The zero-order valence-electron chi connectivity index (χ0n) is 10.4. The molecule has 4 heteroatoms. The van der Waals surface area contributed by atoms with Gasteiger partial charge in [0.15, 0.2) is 0 Å². The second-order valence-electron chi connectivity index (χ2n) is 4.73. The minimum absolute atomic E-state index is 0.684. The highest BCUT2D eigenvalue weighted by molar-refractivity contribution is 7.10. The molecule has 96 valence electrons. The Labute approximate surface area is 113 Å². The van der Waals surface area contributed by atoms with Gasteiger partial charge in [0, 0.05) is 22.8 Å². The fraction of sp³-hybridized carbons (Fsp3) is 0.692. The first-order valence-corrected chi connectivity index (χ1v) is 7.72. The van der Waals surface area contributed by atoms with Crippen molar-refractivity contribution in [3.63, 3.8) is 0 Å². The molecule has 0 aliphatic carbocycles. The van der Waals surface area contributed by atoms with Crippen molar-refractivity contribution in [2.45, 2.75) is 38.8 Å². The van der Waals surface area contributed by atoms with Crippen molar-refractivity contribution in [1.82, 2.24) is 10.2 Å². The minimum atomic E-state index is 0.684. The number of piperidine rings is 1. The number of likely N-dealkylation sites (tertiary alicyclic amines) is 1. The maximum Gasteiger partial charge on any atom is 0.0516 e. The number of hydrogen-bond acceptors (Lipinski definition) is 3. The van der Waals surface area contributed by atoms with E-state index < -0.39 is 0 Å². The zero-order chi connectivity index (χ0) is 12.1. The maximum absolute atomic E-state index is 5.91. The standard InChI is InChI=1S/C13H21ClN2S/c1-2-5-16-6-3-12(4-7-16)15-9-13-8-11(14)10-17-13/h8,10,12,15H,2-7,9H2,1H3. The molecule has 2 rings (SSSR count). The Morgan fingerprint density at radius 1 is 1.47 bits per heavy atom. The fourth-order valence-corrected chi connectivity index (χ4v) is 3.39. The van der Waals surface area contributed by atoms with E-state index in [1.165, 1.54) is 43.8 Å². The quantitative estimate of drug-likeness (QED) is 0.884. The van der Waals surface area contributed by atoms with E-state index in [0.29, 0.717) is 6.04 Å². The summed E-state index contributed by atoms with van der Waals surface area (Å²) in [5, 5.41) is 6.51. The molecule has 0 radical (unpaired) electrons. The van der Waals surface area contributed by atoms with Crippen molar-refractivity contribution in [2.24, 2.45) is 0 Å². The largest absolute Gasteiger partial charge is 0.309 e. The van der Waals surface area contributed by atoms with Crippen LogP contribution in [0.25, 0.3) is 0 Å². The lowest BCUT2D eigenvalue weighted by molar-refractivity contribution is 0.197. The lowest BCUT2D eigenvalue weighted by Crippen LogP contribution is -2.42. The highest BCUT2D eigenvalue weighted by Gasteiger charge is 2.17. The Hall–Kier alpha value is -0.0900. The number of halogens is 1. The molecule has 1 fully saturated rings. The molecule has 1 aromatic heterocycles. The summed E-state index contributed by atoms with van der Waals surface area (Å²) in [6.45, 7) is 6.97. The molecule has 1 aliphatic heterocycles. The molecule has 1 N–H and O–H groups in total. The number of nitrogens with one attached hydrogen (secondary N) is 1. The first-order valence-electron chi connectivity index (χ1n) is 6.46. The first-order chi connectivity index (χ1) is 8.28. The van der Waals surface area contributed by atoms with Crippen LogP contribution in [0.15, 0.2) is 11.4 Å². The van der Waals surface area contributed by atoms with Crippen LogP contribution in [0.2, 0.25) is 5.02 Å². The van der Waals surface area contributed by atoms with Gasteiger partial charge < -0.3 is 10.2 Å². The van der Waals surface area contributed by atoms with Crippen LogP contribution in [0.4, 0.5) is 0 Å². The Kier molecular flexibility index (Phi) is 5.29. The van der Waals surface area contributed by atoms with Gasteiger partial charge in [0.2, 0.25) is 0 Å². The summed E-state index contributed by atoms with van der Waals surface area (Å²) >= 11 is 7.65. The second-order valence-corrected chi connectivity index (χ2v) is 6.16. The zero-order valence-corrected chi connectivity index (χ0v) is 12.0. The molecule has 1 saturated heterocycles. The number of hydrogen-bond donors (Lipinski definition) is 1. The van der Waals surface area contributed by atoms with Gasteiger partial charge in [-0.05, 0) is 45.0 Å². The molecule has 0 aromatic carbocycles. The van der Waals surface area contributed by atoms with E-state index in [1.54, 1.807) is 11.3 Å². The van der Waals surface area contributed by atoms with Crippen molar-refractivity contribution < 1.29 is 0 Å². The van der Waals surface area contributed by atoms with Crippen molar-refractivity contribution in [3.05, 3.63) is 21.3 Å². The maximum atomic E-state index is 5.91. The van der Waals surface area contributed by atoms with Crippen LogP contribution in [0.3, 0.4) is 0 Å². The summed E-state index contributed by atoms with van der Waals surface area (Å²) in [5.41, 5.74) is 0. The van der Waals surface area contributed by atoms with Crippen LogP contribution in [0, 0.1) is 0 Å². The molecule has 1 aliphatic rings. The van der Waals surface area contributed by atoms with Gasteiger partial charge in [0.25, 0.3) is 0 Å². The lowest BCUT2D eigenvalue weighted by atomic mass is 10.0. The van der Waals surface area contributed by atoms with Crippen LogP contribution in [-0.4, -0.2) is 30.6 Å². The Morgan fingerprint density at radius 2 is 2.24 bits per heavy atom. The van der Waals surface area contributed by atoms with Crippen LogP contribution in [0.5, 0.6) is 0 Å². The molecule has 0 bridgehead atoms. The van der Waals surface area contributed by atoms with Crippen molar-refractivity contribution in [2.75, 3.05) is 19.6 Å². The summed E-state index contributed by atoms with van der Waals surface area (Å²) in [6, 6.07) is 2.75. The summed E-state index contributed by atoms with van der Waals surface area (Å²) in [5.74, 6) is 0. The average molecular weight is 273 g/mol. The van der Waals surface area contributed by atoms with E-state index in [1.807, 2.05) is 5.38 Å². The van der Waals surface area contributed by atoms with Gasteiger partial charge in [-0.25, -0.2) is 0 Å². The van der Waals surface area contributed by atoms with E-state index in [0.717, 1.165) is 11.6 Å². The predicted molar refractivity (Wildman–Crippen MR) is 75.9 cm³/mol. The molecule has 1 aromatic rings. The average Bonchev–Trinajstić information content (AvgIpc) is 2.75. The Bertz CT molecular complexity index is 332. The monoisotopic (exact) mass is 272 g/mol. The third kappa shape index (κ3) is 4.25. The third-order valence-electron chi connectivity index (χ3n) is 3.31. The molecule has 0 saturated carbocycles. The van der Waals surface area contributed by atoms with Crippen molar-refractivity contribution in [3.8, 4) is 0 Å². The van der Waals surface area contributed by atoms with Crippen molar-refractivity contribution >= 4 is 22.9 Å². The van der Waals surface area contributed by atoms with Crippen LogP contribution in [-0.2, 0) is 6.54 Å². The normalized spacial score (nSPS) is 18.7. The van der Waals surface area contributed by atoms with Gasteiger partial charge in [0.1, 0.15) is 0 Å². The highest BCUT2D eigenvalue weighted by Crippen LogP contribution is 2.19. The molecule has 0 amide bonds. The highest BCUT2D eigenvalue weighted by atomic mass is 35.5. The molecule has 2 heterocycles. The van der Waals surface area contributed by atoms with Crippen LogP contribution in [0.1, 0.15) is 31.1 Å². The first kappa shape index (κ1) is 13.3. The number of rotatable bonds is 5. The third-order valence-corrected chi connectivity index (χ3v) is 4.60. The van der Waals surface area contributed by atoms with Crippen LogP contribution < -0.4 is 5.32 Å². The van der Waals surface area contributed by atoms with E-state index in [4.69, 9.17) is 11.6 Å². The van der Waals surface area contributed by atoms with Crippen molar-refractivity contribution in [1.29, 1.82) is 0 Å². The van der Waals surface area contributed by atoms with E-state index in [2.05, 4.69) is 23.2 Å².